The third-order valence-electron chi connectivity index (χ3n) is 4.62. The molecule has 2 nitrogen and oxygen atoms in total. The molecule has 1 aromatic carbocycles. The standard InChI is InChI=1S/C19H31NO/c1-19(2,3)20-14-18(15-8-6-5-7-9-15)16-10-12-17(21-4)13-11-16/h10-13,15,18,20H,5-9,14H2,1-4H3. The molecule has 0 heterocycles. The fraction of sp³-hybridized carbons (Fsp3) is 0.684. The summed E-state index contributed by atoms with van der Waals surface area (Å²) in [5, 5.41) is 3.72. The van der Waals surface area contributed by atoms with E-state index in [-0.39, 0.29) is 5.54 Å². The van der Waals surface area contributed by atoms with E-state index in [1.807, 2.05) is 0 Å². The van der Waals surface area contributed by atoms with Gasteiger partial charge in [-0.2, -0.15) is 0 Å². The Kier molecular flexibility index (Phi) is 5.69. The second kappa shape index (κ2) is 7.31. The molecule has 0 aliphatic heterocycles. The van der Waals surface area contributed by atoms with Crippen LogP contribution in [0.1, 0.15) is 64.4 Å². The molecule has 0 radical (unpaired) electrons. The molecule has 21 heavy (non-hydrogen) atoms. The van der Waals surface area contributed by atoms with Crippen LogP contribution in [0.5, 0.6) is 5.75 Å². The van der Waals surface area contributed by atoms with Crippen LogP contribution in [0, 0.1) is 5.92 Å². The average molecular weight is 289 g/mol. The van der Waals surface area contributed by atoms with Crippen molar-refractivity contribution in [3.8, 4) is 5.75 Å². The predicted molar refractivity (Wildman–Crippen MR) is 90.1 cm³/mol. The zero-order valence-electron chi connectivity index (χ0n) is 14.1. The van der Waals surface area contributed by atoms with Gasteiger partial charge in [-0.1, -0.05) is 31.4 Å². The first kappa shape index (κ1) is 16.4. The van der Waals surface area contributed by atoms with Crippen LogP contribution in [0.25, 0.3) is 0 Å². The molecule has 0 amide bonds. The molecule has 0 bridgehead atoms. The lowest BCUT2D eigenvalue weighted by Gasteiger charge is -2.33. The van der Waals surface area contributed by atoms with Crippen molar-refractivity contribution in [1.29, 1.82) is 0 Å². The molecule has 0 spiro atoms. The summed E-state index contributed by atoms with van der Waals surface area (Å²) in [6.07, 6.45) is 6.96. The van der Waals surface area contributed by atoms with Gasteiger partial charge >= 0.3 is 0 Å². The van der Waals surface area contributed by atoms with Crippen LogP contribution >= 0.6 is 0 Å². The highest BCUT2D eigenvalue weighted by Gasteiger charge is 2.26. The molecule has 0 saturated heterocycles. The van der Waals surface area contributed by atoms with Gasteiger partial charge in [0.25, 0.3) is 0 Å². The summed E-state index contributed by atoms with van der Waals surface area (Å²) in [4.78, 5) is 0. The lowest BCUT2D eigenvalue weighted by atomic mass is 9.76. The minimum atomic E-state index is 0.180. The van der Waals surface area contributed by atoms with Gasteiger partial charge < -0.3 is 10.1 Å². The number of ether oxygens (including phenoxy) is 1. The number of hydrogen-bond donors (Lipinski definition) is 1. The minimum absolute atomic E-state index is 0.180. The van der Waals surface area contributed by atoms with Crippen molar-refractivity contribution >= 4 is 0 Å². The van der Waals surface area contributed by atoms with E-state index < -0.39 is 0 Å². The van der Waals surface area contributed by atoms with Gasteiger partial charge in [-0.05, 0) is 63.1 Å². The molecule has 1 saturated carbocycles. The van der Waals surface area contributed by atoms with Crippen LogP contribution in [-0.2, 0) is 0 Å². The van der Waals surface area contributed by atoms with Crippen LogP contribution in [0.4, 0.5) is 0 Å². The fourth-order valence-electron chi connectivity index (χ4n) is 3.36. The molecular weight excluding hydrogens is 258 g/mol. The van der Waals surface area contributed by atoms with Gasteiger partial charge in [-0.3, -0.25) is 0 Å². The lowest BCUT2D eigenvalue weighted by Crippen LogP contribution is -2.40. The molecule has 0 aromatic heterocycles. The van der Waals surface area contributed by atoms with Gasteiger partial charge in [-0.15, -0.1) is 0 Å². The maximum Gasteiger partial charge on any atom is 0.118 e. The van der Waals surface area contributed by atoms with Crippen molar-refractivity contribution in [2.24, 2.45) is 5.92 Å². The molecule has 1 N–H and O–H groups in total. The Morgan fingerprint density at radius 2 is 1.71 bits per heavy atom. The van der Waals surface area contributed by atoms with Crippen molar-refractivity contribution in [1.82, 2.24) is 5.32 Å². The van der Waals surface area contributed by atoms with Gasteiger partial charge in [0.15, 0.2) is 0 Å². The summed E-state index contributed by atoms with van der Waals surface area (Å²) in [6.45, 7) is 7.82. The average Bonchev–Trinajstić information content (AvgIpc) is 2.48. The monoisotopic (exact) mass is 289 g/mol. The molecule has 2 rings (SSSR count). The molecule has 2 heteroatoms. The minimum Gasteiger partial charge on any atom is -0.497 e. The summed E-state index contributed by atoms with van der Waals surface area (Å²) in [5.41, 5.74) is 1.64. The molecule has 1 atom stereocenters. The molecule has 1 unspecified atom stereocenters. The number of nitrogens with one attached hydrogen (secondary N) is 1. The molecule has 1 aromatic rings. The second-order valence-corrected chi connectivity index (χ2v) is 7.41. The Balaban J connectivity index is 2.12. The van der Waals surface area contributed by atoms with E-state index in [1.54, 1.807) is 7.11 Å². The number of rotatable bonds is 5. The third kappa shape index (κ3) is 5.03. The SMILES string of the molecule is COc1ccc(C(CNC(C)(C)C)C2CCCCC2)cc1. The number of hydrogen-bond acceptors (Lipinski definition) is 2. The Morgan fingerprint density at radius 3 is 2.24 bits per heavy atom. The van der Waals surface area contributed by atoms with Crippen molar-refractivity contribution < 1.29 is 4.74 Å². The summed E-state index contributed by atoms with van der Waals surface area (Å²) < 4.78 is 5.29. The smallest absolute Gasteiger partial charge is 0.118 e. The quantitative estimate of drug-likeness (QED) is 0.844. The predicted octanol–water partition coefficient (Wildman–Crippen LogP) is 4.75. The van der Waals surface area contributed by atoms with Crippen LogP contribution in [0.15, 0.2) is 24.3 Å². The van der Waals surface area contributed by atoms with Crippen molar-refractivity contribution in [3.05, 3.63) is 29.8 Å². The van der Waals surface area contributed by atoms with Crippen LogP contribution < -0.4 is 10.1 Å². The van der Waals surface area contributed by atoms with E-state index in [2.05, 4.69) is 50.4 Å². The lowest BCUT2D eigenvalue weighted by molar-refractivity contribution is 0.279. The summed E-state index contributed by atoms with van der Waals surface area (Å²) >= 11 is 0. The van der Waals surface area contributed by atoms with Crippen LogP contribution in [0.2, 0.25) is 0 Å². The molecular formula is C19H31NO. The number of methoxy groups -OCH3 is 1. The molecule has 1 fully saturated rings. The Hall–Kier alpha value is -1.02. The zero-order valence-corrected chi connectivity index (χ0v) is 14.1. The van der Waals surface area contributed by atoms with E-state index in [4.69, 9.17) is 4.74 Å². The van der Waals surface area contributed by atoms with Gasteiger partial charge in [0, 0.05) is 12.1 Å². The van der Waals surface area contributed by atoms with E-state index >= 15 is 0 Å². The summed E-state index contributed by atoms with van der Waals surface area (Å²) in [7, 11) is 1.73. The molecule has 118 valence electrons. The van der Waals surface area contributed by atoms with Crippen molar-refractivity contribution in [2.75, 3.05) is 13.7 Å². The van der Waals surface area contributed by atoms with Gasteiger partial charge in [0.2, 0.25) is 0 Å². The third-order valence-corrected chi connectivity index (χ3v) is 4.62. The normalized spacial score (nSPS) is 18.5. The number of benzene rings is 1. The van der Waals surface area contributed by atoms with E-state index in [9.17, 15) is 0 Å². The maximum absolute atomic E-state index is 5.29. The van der Waals surface area contributed by atoms with E-state index in [0.29, 0.717) is 5.92 Å². The van der Waals surface area contributed by atoms with Gasteiger partial charge in [0.05, 0.1) is 7.11 Å². The highest BCUT2D eigenvalue weighted by Crippen LogP contribution is 2.36. The maximum atomic E-state index is 5.29. The van der Waals surface area contributed by atoms with Crippen LogP contribution in [0.3, 0.4) is 0 Å². The first-order valence-electron chi connectivity index (χ1n) is 8.38. The molecule has 1 aliphatic rings. The highest BCUT2D eigenvalue weighted by molar-refractivity contribution is 5.30. The first-order valence-corrected chi connectivity index (χ1v) is 8.38. The van der Waals surface area contributed by atoms with Crippen molar-refractivity contribution in [2.45, 2.75) is 64.3 Å². The Labute approximate surface area is 130 Å². The highest BCUT2D eigenvalue weighted by atomic mass is 16.5. The zero-order chi connectivity index (χ0) is 15.3. The first-order chi connectivity index (χ1) is 9.99. The largest absolute Gasteiger partial charge is 0.497 e. The van der Waals surface area contributed by atoms with E-state index in [1.165, 1.54) is 37.7 Å². The Bertz CT molecular complexity index is 412. The molecule has 1 aliphatic carbocycles. The Morgan fingerprint density at radius 1 is 1.10 bits per heavy atom. The van der Waals surface area contributed by atoms with Crippen LogP contribution in [-0.4, -0.2) is 19.2 Å². The van der Waals surface area contributed by atoms with E-state index in [0.717, 1.165) is 18.2 Å². The second-order valence-electron chi connectivity index (χ2n) is 7.41. The topological polar surface area (TPSA) is 21.3 Å². The van der Waals surface area contributed by atoms with Gasteiger partial charge in [0.1, 0.15) is 5.75 Å². The summed E-state index contributed by atoms with van der Waals surface area (Å²) in [5.74, 6) is 2.39. The van der Waals surface area contributed by atoms with Gasteiger partial charge in [-0.25, -0.2) is 0 Å². The van der Waals surface area contributed by atoms with Crippen molar-refractivity contribution in [3.63, 3.8) is 0 Å². The fourth-order valence-corrected chi connectivity index (χ4v) is 3.36. The summed E-state index contributed by atoms with van der Waals surface area (Å²) in [6, 6.07) is 8.70.